The van der Waals surface area contributed by atoms with Crippen LogP contribution in [0, 0.1) is 0 Å². The number of hydrogen-bond donors (Lipinski definition) is 2. The van der Waals surface area contributed by atoms with Crippen LogP contribution in [-0.2, 0) is 14.1 Å². The number of phenols is 1. The second-order valence-electron chi connectivity index (χ2n) is 4.39. The summed E-state index contributed by atoms with van der Waals surface area (Å²) in [6.45, 7) is 0. The number of nitrogens with zero attached hydrogens (tertiary/aromatic N) is 2. The van der Waals surface area contributed by atoms with Gasteiger partial charge in [0, 0.05) is 30.9 Å². The molecule has 0 saturated carbocycles. The molecule has 0 atom stereocenters. The summed E-state index contributed by atoms with van der Waals surface area (Å²) in [4.78, 5) is 11.1. The Hall–Kier alpha value is -2.43. The maximum absolute atomic E-state index is 11.1. The van der Waals surface area contributed by atoms with Crippen LogP contribution in [0.15, 0.2) is 24.3 Å². The van der Waals surface area contributed by atoms with E-state index in [1.54, 1.807) is 35.9 Å². The number of rotatable bonds is 1. The molecule has 5 heteroatoms. The van der Waals surface area contributed by atoms with Crippen molar-refractivity contribution >= 4 is 27.9 Å². The number of fused-ring (bicyclic) bond motifs is 3. The van der Waals surface area contributed by atoms with E-state index in [0.29, 0.717) is 0 Å². The minimum absolute atomic E-state index is 0.201. The number of aromatic hydroxyl groups is 1. The molecule has 2 N–H and O–H groups in total. The van der Waals surface area contributed by atoms with Crippen molar-refractivity contribution in [2.45, 2.75) is 0 Å². The first-order valence-electron chi connectivity index (χ1n) is 5.51. The van der Waals surface area contributed by atoms with E-state index in [1.807, 2.05) is 11.6 Å². The van der Waals surface area contributed by atoms with Crippen molar-refractivity contribution in [2.75, 3.05) is 0 Å². The van der Waals surface area contributed by atoms with Gasteiger partial charge in [-0.3, -0.25) is 0 Å². The Morgan fingerprint density at radius 3 is 2.50 bits per heavy atom. The average Bonchev–Trinajstić information content (AvgIpc) is 2.78. The van der Waals surface area contributed by atoms with Crippen molar-refractivity contribution in [2.24, 2.45) is 14.1 Å². The predicted octanol–water partition coefficient (Wildman–Crippen LogP) is 2.07. The third-order valence-corrected chi connectivity index (χ3v) is 3.37. The van der Waals surface area contributed by atoms with Gasteiger partial charge in [-0.2, -0.15) is 0 Å². The molecule has 3 rings (SSSR count). The standard InChI is InChI=1S/C13H12N2O3/c1-14-10-5-7(16)3-4-8(10)9-6-11(13(17)18)15(2)12(9)14/h3-6,16H,1-2H3,(H,17,18). The Labute approximate surface area is 102 Å². The first kappa shape index (κ1) is 10.7. The fourth-order valence-electron chi connectivity index (χ4n) is 2.54. The molecule has 1 aromatic carbocycles. The number of aromatic nitrogens is 2. The lowest BCUT2D eigenvalue weighted by atomic mass is 10.2. The Kier molecular flexibility index (Phi) is 1.96. The number of phenolic OH excluding ortho intramolecular Hbond substituents is 1. The lowest BCUT2D eigenvalue weighted by molar-refractivity contribution is 0.0687. The predicted molar refractivity (Wildman–Crippen MR) is 68.0 cm³/mol. The maximum Gasteiger partial charge on any atom is 0.352 e. The van der Waals surface area contributed by atoms with Crippen LogP contribution in [0.3, 0.4) is 0 Å². The molecule has 0 amide bonds. The van der Waals surface area contributed by atoms with Gasteiger partial charge >= 0.3 is 5.97 Å². The largest absolute Gasteiger partial charge is 0.508 e. The summed E-state index contributed by atoms with van der Waals surface area (Å²) in [6.07, 6.45) is 0. The third-order valence-electron chi connectivity index (χ3n) is 3.37. The smallest absolute Gasteiger partial charge is 0.352 e. The van der Waals surface area contributed by atoms with Gasteiger partial charge in [-0.25, -0.2) is 4.79 Å². The van der Waals surface area contributed by atoms with E-state index in [1.165, 1.54) is 0 Å². The molecule has 18 heavy (non-hydrogen) atoms. The monoisotopic (exact) mass is 244 g/mol. The molecular weight excluding hydrogens is 232 g/mol. The molecule has 0 radical (unpaired) electrons. The van der Waals surface area contributed by atoms with Crippen molar-refractivity contribution in [3.05, 3.63) is 30.0 Å². The van der Waals surface area contributed by atoms with Gasteiger partial charge in [-0.15, -0.1) is 0 Å². The lowest BCUT2D eigenvalue weighted by Gasteiger charge is -2.03. The second kappa shape index (κ2) is 3.29. The molecule has 0 fully saturated rings. The highest BCUT2D eigenvalue weighted by atomic mass is 16.4. The van der Waals surface area contributed by atoms with Gasteiger partial charge in [-0.1, -0.05) is 0 Å². The first-order valence-corrected chi connectivity index (χ1v) is 5.51. The van der Waals surface area contributed by atoms with E-state index in [9.17, 15) is 9.90 Å². The number of hydrogen-bond acceptors (Lipinski definition) is 2. The highest BCUT2D eigenvalue weighted by molar-refractivity contribution is 6.10. The quantitative estimate of drug-likeness (QED) is 0.688. The zero-order valence-electron chi connectivity index (χ0n) is 10.0. The SMILES string of the molecule is Cn1c(C(=O)O)cc2c3ccc(O)cc3n(C)c21. The molecule has 2 aromatic heterocycles. The number of benzene rings is 1. The molecule has 0 aliphatic heterocycles. The summed E-state index contributed by atoms with van der Waals surface area (Å²) in [7, 11) is 3.58. The van der Waals surface area contributed by atoms with Crippen LogP contribution < -0.4 is 0 Å². The summed E-state index contributed by atoms with van der Waals surface area (Å²) in [5.41, 5.74) is 1.96. The molecule has 0 bridgehead atoms. The van der Waals surface area contributed by atoms with Crippen LogP contribution in [0.5, 0.6) is 5.75 Å². The molecule has 92 valence electrons. The minimum Gasteiger partial charge on any atom is -0.508 e. The van der Waals surface area contributed by atoms with Crippen LogP contribution in [0.1, 0.15) is 10.5 Å². The lowest BCUT2D eigenvalue weighted by Crippen LogP contribution is -2.05. The second-order valence-corrected chi connectivity index (χ2v) is 4.39. The van der Waals surface area contributed by atoms with Crippen molar-refractivity contribution in [1.29, 1.82) is 0 Å². The molecule has 3 aromatic rings. The number of carbonyl (C=O) groups is 1. The maximum atomic E-state index is 11.1. The van der Waals surface area contributed by atoms with Crippen LogP contribution in [0.25, 0.3) is 21.9 Å². The Bertz CT molecular complexity index is 796. The number of carboxylic acid groups (broad SMARTS) is 1. The van der Waals surface area contributed by atoms with E-state index >= 15 is 0 Å². The van der Waals surface area contributed by atoms with Crippen molar-refractivity contribution < 1.29 is 15.0 Å². The fraction of sp³-hybridized carbons (Fsp3) is 0.154. The summed E-state index contributed by atoms with van der Waals surface area (Å²) < 4.78 is 3.53. The minimum atomic E-state index is -0.944. The van der Waals surface area contributed by atoms with Crippen molar-refractivity contribution in [1.82, 2.24) is 9.13 Å². The van der Waals surface area contributed by atoms with E-state index < -0.39 is 5.97 Å². The Balaban J connectivity index is 2.53. The Morgan fingerprint density at radius 1 is 1.11 bits per heavy atom. The van der Waals surface area contributed by atoms with Gasteiger partial charge in [0.2, 0.25) is 0 Å². The molecule has 0 aliphatic carbocycles. The number of aryl methyl sites for hydroxylation is 2. The summed E-state index contributed by atoms with van der Waals surface area (Å²) in [5.74, 6) is -0.743. The zero-order chi connectivity index (χ0) is 13.0. The van der Waals surface area contributed by atoms with Crippen molar-refractivity contribution in [3.63, 3.8) is 0 Å². The molecule has 0 aliphatic rings. The number of aromatic carboxylic acids is 1. The van der Waals surface area contributed by atoms with Gasteiger partial charge in [-0.05, 0) is 18.2 Å². The van der Waals surface area contributed by atoms with E-state index in [4.69, 9.17) is 5.11 Å². The van der Waals surface area contributed by atoms with E-state index in [2.05, 4.69) is 0 Å². The third kappa shape index (κ3) is 1.18. The van der Waals surface area contributed by atoms with Crippen LogP contribution in [0.2, 0.25) is 0 Å². The summed E-state index contributed by atoms with van der Waals surface area (Å²) in [5, 5.41) is 20.5. The zero-order valence-corrected chi connectivity index (χ0v) is 10.0. The van der Waals surface area contributed by atoms with Gasteiger partial charge in [0.15, 0.2) is 0 Å². The Morgan fingerprint density at radius 2 is 1.83 bits per heavy atom. The number of carboxylic acids is 1. The molecule has 0 saturated heterocycles. The van der Waals surface area contributed by atoms with Crippen LogP contribution >= 0.6 is 0 Å². The van der Waals surface area contributed by atoms with E-state index in [-0.39, 0.29) is 11.4 Å². The summed E-state index contributed by atoms with van der Waals surface area (Å²) in [6, 6.07) is 6.75. The van der Waals surface area contributed by atoms with Crippen LogP contribution in [0.4, 0.5) is 0 Å². The highest BCUT2D eigenvalue weighted by Gasteiger charge is 2.18. The fourth-order valence-corrected chi connectivity index (χ4v) is 2.54. The summed E-state index contributed by atoms with van der Waals surface area (Å²) >= 11 is 0. The molecule has 0 spiro atoms. The highest BCUT2D eigenvalue weighted by Crippen LogP contribution is 2.32. The first-order chi connectivity index (χ1) is 8.50. The molecule has 0 unspecified atom stereocenters. The average molecular weight is 244 g/mol. The molecule has 2 heterocycles. The normalized spacial score (nSPS) is 11.4. The van der Waals surface area contributed by atoms with E-state index in [0.717, 1.165) is 21.9 Å². The topological polar surface area (TPSA) is 67.4 Å². The van der Waals surface area contributed by atoms with Gasteiger partial charge in [0.05, 0.1) is 5.52 Å². The van der Waals surface area contributed by atoms with Gasteiger partial charge in [0.25, 0.3) is 0 Å². The molecular formula is C13H12N2O3. The van der Waals surface area contributed by atoms with Gasteiger partial charge in [0.1, 0.15) is 17.1 Å². The molecule has 5 nitrogen and oxygen atoms in total. The van der Waals surface area contributed by atoms with Crippen molar-refractivity contribution in [3.8, 4) is 5.75 Å². The van der Waals surface area contributed by atoms with Gasteiger partial charge < -0.3 is 19.3 Å². The van der Waals surface area contributed by atoms with Crippen LogP contribution in [-0.4, -0.2) is 25.3 Å².